The summed E-state index contributed by atoms with van der Waals surface area (Å²) in [5.74, 6) is 1.03. The Morgan fingerprint density at radius 3 is 2.79 bits per heavy atom. The summed E-state index contributed by atoms with van der Waals surface area (Å²) < 4.78 is 5.02. The molecule has 0 saturated carbocycles. The molecule has 0 bridgehead atoms. The fourth-order valence-corrected chi connectivity index (χ4v) is 2.31. The van der Waals surface area contributed by atoms with Crippen molar-refractivity contribution in [3.05, 3.63) is 23.8 Å². The van der Waals surface area contributed by atoms with Crippen LogP contribution in [-0.4, -0.2) is 48.1 Å². The average molecular weight is 283 g/mol. The number of para-hydroxylation sites is 1. The lowest BCUT2D eigenvalue weighted by Crippen LogP contribution is -2.35. The van der Waals surface area contributed by atoms with E-state index in [1.54, 1.807) is 41.9 Å². The molecule has 0 heterocycles. The number of amides is 1. The molecule has 1 N–H and O–H groups in total. The van der Waals surface area contributed by atoms with Crippen LogP contribution >= 0.6 is 11.8 Å². The zero-order valence-electron chi connectivity index (χ0n) is 11.8. The van der Waals surface area contributed by atoms with Gasteiger partial charge >= 0.3 is 0 Å². The zero-order valence-corrected chi connectivity index (χ0v) is 12.7. The molecule has 1 aromatic carbocycles. The van der Waals surface area contributed by atoms with Crippen molar-refractivity contribution in [3.63, 3.8) is 0 Å². The predicted molar refractivity (Wildman–Crippen MR) is 79.2 cm³/mol. The minimum atomic E-state index is -0.190. The van der Waals surface area contributed by atoms with E-state index in [0.717, 1.165) is 12.2 Å². The van der Waals surface area contributed by atoms with Crippen LogP contribution in [0.15, 0.2) is 18.2 Å². The first-order valence-corrected chi connectivity index (χ1v) is 7.54. The largest absolute Gasteiger partial charge is 0.504 e. The SMILES string of the molecule is COc1cccc(C(=O)N(C)C(C)CCSC)c1O. The molecule has 0 aliphatic heterocycles. The second kappa shape index (κ2) is 7.28. The van der Waals surface area contributed by atoms with Crippen molar-refractivity contribution in [2.24, 2.45) is 0 Å². The third-order valence-corrected chi connectivity index (χ3v) is 3.81. The van der Waals surface area contributed by atoms with Gasteiger partial charge in [0.25, 0.3) is 5.91 Å². The smallest absolute Gasteiger partial charge is 0.257 e. The number of hydrogen-bond acceptors (Lipinski definition) is 4. The molecule has 5 heteroatoms. The van der Waals surface area contributed by atoms with E-state index in [-0.39, 0.29) is 23.3 Å². The number of thioether (sulfide) groups is 1. The Morgan fingerprint density at radius 1 is 1.53 bits per heavy atom. The number of rotatable bonds is 6. The molecule has 1 unspecified atom stereocenters. The second-order valence-corrected chi connectivity index (χ2v) is 5.39. The van der Waals surface area contributed by atoms with Gasteiger partial charge in [0.05, 0.1) is 12.7 Å². The van der Waals surface area contributed by atoms with Crippen LogP contribution in [0.3, 0.4) is 0 Å². The lowest BCUT2D eigenvalue weighted by atomic mass is 10.1. The molecule has 0 fully saturated rings. The predicted octanol–water partition coefficient (Wildman–Crippen LogP) is 2.61. The number of carbonyl (C=O) groups is 1. The summed E-state index contributed by atoms with van der Waals surface area (Å²) in [4.78, 5) is 14.0. The number of benzene rings is 1. The molecule has 19 heavy (non-hydrogen) atoms. The molecule has 4 nitrogen and oxygen atoms in total. The Labute approximate surface area is 118 Å². The Kier molecular flexibility index (Phi) is 6.02. The van der Waals surface area contributed by atoms with Crippen molar-refractivity contribution < 1.29 is 14.6 Å². The number of methoxy groups -OCH3 is 1. The highest BCUT2D eigenvalue weighted by molar-refractivity contribution is 7.98. The molecular formula is C14H21NO3S. The van der Waals surface area contributed by atoms with Gasteiger partial charge in [0.1, 0.15) is 0 Å². The van der Waals surface area contributed by atoms with Crippen LogP contribution in [0.2, 0.25) is 0 Å². The summed E-state index contributed by atoms with van der Waals surface area (Å²) in [6.45, 7) is 2.01. The minimum Gasteiger partial charge on any atom is -0.504 e. The summed E-state index contributed by atoms with van der Waals surface area (Å²) in [5, 5.41) is 9.99. The van der Waals surface area contributed by atoms with Gasteiger partial charge in [0, 0.05) is 13.1 Å². The number of aromatic hydroxyl groups is 1. The van der Waals surface area contributed by atoms with Crippen LogP contribution < -0.4 is 4.74 Å². The monoisotopic (exact) mass is 283 g/mol. The van der Waals surface area contributed by atoms with Gasteiger partial charge < -0.3 is 14.7 Å². The Morgan fingerprint density at radius 2 is 2.21 bits per heavy atom. The van der Waals surface area contributed by atoms with Gasteiger partial charge in [-0.15, -0.1) is 0 Å². The number of phenols is 1. The first-order valence-electron chi connectivity index (χ1n) is 6.15. The number of carbonyl (C=O) groups excluding carboxylic acids is 1. The van der Waals surface area contributed by atoms with Crippen LogP contribution in [0.25, 0.3) is 0 Å². The third kappa shape index (κ3) is 3.80. The topological polar surface area (TPSA) is 49.8 Å². The molecule has 0 radical (unpaired) electrons. The van der Waals surface area contributed by atoms with Gasteiger partial charge in [-0.2, -0.15) is 11.8 Å². The van der Waals surface area contributed by atoms with Gasteiger partial charge in [-0.25, -0.2) is 0 Å². The fraction of sp³-hybridized carbons (Fsp3) is 0.500. The summed E-state index contributed by atoms with van der Waals surface area (Å²) in [6, 6.07) is 5.07. The van der Waals surface area contributed by atoms with Crippen molar-refractivity contribution in [3.8, 4) is 11.5 Å². The maximum Gasteiger partial charge on any atom is 0.257 e. The van der Waals surface area contributed by atoms with E-state index in [2.05, 4.69) is 0 Å². The second-order valence-electron chi connectivity index (χ2n) is 4.40. The van der Waals surface area contributed by atoms with E-state index >= 15 is 0 Å². The van der Waals surface area contributed by atoms with E-state index in [0.29, 0.717) is 5.75 Å². The van der Waals surface area contributed by atoms with Crippen LogP contribution in [0.5, 0.6) is 11.5 Å². The number of ether oxygens (including phenoxy) is 1. The van der Waals surface area contributed by atoms with Crippen molar-refractivity contribution >= 4 is 17.7 Å². The lowest BCUT2D eigenvalue weighted by Gasteiger charge is -2.25. The molecule has 0 aliphatic rings. The van der Waals surface area contributed by atoms with Gasteiger partial charge in [0.2, 0.25) is 0 Å². The van der Waals surface area contributed by atoms with Crippen molar-refractivity contribution in [2.45, 2.75) is 19.4 Å². The summed E-state index contributed by atoms with van der Waals surface area (Å²) >= 11 is 1.76. The van der Waals surface area contributed by atoms with Crippen LogP contribution in [0.4, 0.5) is 0 Å². The van der Waals surface area contributed by atoms with Gasteiger partial charge in [-0.1, -0.05) is 6.07 Å². The number of phenolic OH excluding ortho intramolecular Hbond substituents is 1. The summed E-state index contributed by atoms with van der Waals surface area (Å²) in [6.07, 6.45) is 2.97. The van der Waals surface area contributed by atoms with Crippen molar-refractivity contribution in [1.82, 2.24) is 4.90 Å². The molecule has 106 valence electrons. The first-order chi connectivity index (χ1) is 9.02. The molecule has 1 amide bonds. The molecule has 1 rings (SSSR count). The minimum absolute atomic E-state index is 0.0982. The zero-order chi connectivity index (χ0) is 14.4. The van der Waals surface area contributed by atoms with Crippen LogP contribution in [0, 0.1) is 0 Å². The molecule has 0 aliphatic carbocycles. The Balaban J connectivity index is 2.88. The standard InChI is InChI=1S/C14H21NO3S/c1-10(8-9-19-4)15(2)14(17)11-6-5-7-12(18-3)13(11)16/h5-7,10,16H,8-9H2,1-4H3. The molecular weight excluding hydrogens is 262 g/mol. The molecule has 1 atom stereocenters. The van der Waals surface area contributed by atoms with Gasteiger partial charge in [0.15, 0.2) is 11.5 Å². The number of hydrogen-bond donors (Lipinski definition) is 1. The maximum atomic E-state index is 12.3. The van der Waals surface area contributed by atoms with Crippen LogP contribution in [-0.2, 0) is 0 Å². The fourth-order valence-electron chi connectivity index (χ4n) is 1.73. The number of nitrogens with zero attached hydrogens (tertiary/aromatic N) is 1. The van der Waals surface area contributed by atoms with E-state index in [1.807, 2.05) is 13.2 Å². The molecule has 0 saturated heterocycles. The Bertz CT molecular complexity index is 437. The summed E-state index contributed by atoms with van der Waals surface area (Å²) in [7, 11) is 3.22. The van der Waals surface area contributed by atoms with E-state index in [4.69, 9.17) is 4.74 Å². The van der Waals surface area contributed by atoms with E-state index in [9.17, 15) is 9.90 Å². The molecule has 0 aromatic heterocycles. The normalized spacial score (nSPS) is 12.0. The van der Waals surface area contributed by atoms with E-state index < -0.39 is 0 Å². The first kappa shape index (κ1) is 15.7. The summed E-state index contributed by atoms with van der Waals surface area (Å²) in [5.41, 5.74) is 0.276. The van der Waals surface area contributed by atoms with E-state index in [1.165, 1.54) is 7.11 Å². The van der Waals surface area contributed by atoms with Crippen LogP contribution in [0.1, 0.15) is 23.7 Å². The maximum absolute atomic E-state index is 12.3. The van der Waals surface area contributed by atoms with Gasteiger partial charge in [-0.05, 0) is 37.5 Å². The average Bonchev–Trinajstić information content (AvgIpc) is 2.43. The lowest BCUT2D eigenvalue weighted by molar-refractivity contribution is 0.0737. The molecule has 0 spiro atoms. The highest BCUT2D eigenvalue weighted by atomic mass is 32.2. The Hall–Kier alpha value is -1.36. The third-order valence-electron chi connectivity index (χ3n) is 3.17. The molecule has 1 aromatic rings. The quantitative estimate of drug-likeness (QED) is 0.872. The van der Waals surface area contributed by atoms with Crippen molar-refractivity contribution in [2.75, 3.05) is 26.2 Å². The van der Waals surface area contributed by atoms with Crippen molar-refractivity contribution in [1.29, 1.82) is 0 Å². The highest BCUT2D eigenvalue weighted by Crippen LogP contribution is 2.30. The highest BCUT2D eigenvalue weighted by Gasteiger charge is 2.21. The van der Waals surface area contributed by atoms with Gasteiger partial charge in [-0.3, -0.25) is 4.79 Å².